The number of fused-ring (bicyclic) bond motifs is 4. The van der Waals surface area contributed by atoms with Crippen LogP contribution in [0.1, 0.15) is 51.9 Å². The lowest BCUT2D eigenvalue weighted by Crippen LogP contribution is -2.68. The second kappa shape index (κ2) is 4.77. The Labute approximate surface area is 114 Å². The van der Waals surface area contributed by atoms with E-state index in [0.717, 1.165) is 38.5 Å². The molecule has 3 nitrogen and oxygen atoms in total. The van der Waals surface area contributed by atoms with Crippen LogP contribution in [0.4, 0.5) is 0 Å². The fourth-order valence-electron chi connectivity index (χ4n) is 4.70. The van der Waals surface area contributed by atoms with E-state index in [1.165, 1.54) is 6.92 Å². The normalized spacial score (nSPS) is 43.0. The maximum atomic E-state index is 12.3. The monoisotopic (exact) mass is 262 g/mol. The minimum absolute atomic E-state index is 0.0124. The molecule has 0 unspecified atom stereocenters. The maximum absolute atomic E-state index is 12.3. The van der Waals surface area contributed by atoms with Crippen molar-refractivity contribution >= 4 is 11.8 Å². The summed E-state index contributed by atoms with van der Waals surface area (Å²) in [4.78, 5) is 23.8. The number of ketones is 1. The molecule has 0 aromatic heterocycles. The second-order valence-electron chi connectivity index (χ2n) is 6.24. The first-order valence-electron chi connectivity index (χ1n) is 7.52. The molecule has 2 saturated carbocycles. The standard InChI is InChI=1S/C16H22O3/c1-11(17)19-16-10-6-9-14(18)15(16)12-7-4-2-3-5-8-13(12)16/h2-3,12-13,15H,4-10H2,1H3/b3-2+/t12-,13-,15-,16-/m0/s1. The van der Waals surface area contributed by atoms with Crippen molar-refractivity contribution in [3.05, 3.63) is 12.2 Å². The highest BCUT2D eigenvalue weighted by molar-refractivity contribution is 5.85. The van der Waals surface area contributed by atoms with Gasteiger partial charge in [0, 0.05) is 19.3 Å². The van der Waals surface area contributed by atoms with Crippen LogP contribution in [0.25, 0.3) is 0 Å². The van der Waals surface area contributed by atoms with Gasteiger partial charge in [0.05, 0.1) is 5.92 Å². The van der Waals surface area contributed by atoms with Crippen molar-refractivity contribution < 1.29 is 14.3 Å². The van der Waals surface area contributed by atoms with E-state index >= 15 is 0 Å². The van der Waals surface area contributed by atoms with Crippen LogP contribution < -0.4 is 0 Å². The van der Waals surface area contributed by atoms with Crippen molar-refractivity contribution in [2.45, 2.75) is 57.5 Å². The lowest BCUT2D eigenvalue weighted by molar-refractivity contribution is -0.234. The first-order valence-corrected chi connectivity index (χ1v) is 7.52. The number of esters is 1. The van der Waals surface area contributed by atoms with E-state index < -0.39 is 5.60 Å². The summed E-state index contributed by atoms with van der Waals surface area (Å²) >= 11 is 0. The molecule has 0 N–H and O–H groups in total. The number of rotatable bonds is 1. The SMILES string of the molecule is CC(=O)O[C@]12CCCC(=O)[C@@H]1[C@H]1CC/C=C/CC[C@@H]12. The van der Waals surface area contributed by atoms with Gasteiger partial charge >= 0.3 is 5.97 Å². The first kappa shape index (κ1) is 12.9. The third-order valence-electron chi connectivity index (χ3n) is 5.25. The van der Waals surface area contributed by atoms with Crippen molar-refractivity contribution in [1.82, 2.24) is 0 Å². The summed E-state index contributed by atoms with van der Waals surface area (Å²) < 4.78 is 5.73. The largest absolute Gasteiger partial charge is 0.458 e. The van der Waals surface area contributed by atoms with Gasteiger partial charge in [-0.3, -0.25) is 9.59 Å². The van der Waals surface area contributed by atoms with Crippen LogP contribution in [0.3, 0.4) is 0 Å². The van der Waals surface area contributed by atoms with Crippen molar-refractivity contribution in [3.8, 4) is 0 Å². The molecule has 4 atom stereocenters. The van der Waals surface area contributed by atoms with Gasteiger partial charge in [-0.25, -0.2) is 0 Å². The molecule has 3 heteroatoms. The molecule has 0 aromatic rings. The van der Waals surface area contributed by atoms with Gasteiger partial charge in [0.1, 0.15) is 11.4 Å². The number of allylic oxidation sites excluding steroid dienone is 2. The molecule has 3 rings (SSSR count). The summed E-state index contributed by atoms with van der Waals surface area (Å²) in [5.74, 6) is 0.934. The molecule has 19 heavy (non-hydrogen) atoms. The molecule has 3 aliphatic rings. The number of Topliss-reactive ketones (excluding diaryl/α,β-unsaturated/α-hetero) is 1. The molecular formula is C16H22O3. The van der Waals surface area contributed by atoms with Gasteiger partial charge in [-0.05, 0) is 44.4 Å². The highest BCUT2D eigenvalue weighted by atomic mass is 16.6. The van der Waals surface area contributed by atoms with E-state index in [9.17, 15) is 9.59 Å². The highest BCUT2D eigenvalue weighted by Gasteiger charge is 2.66. The number of hydrogen-bond donors (Lipinski definition) is 0. The van der Waals surface area contributed by atoms with Crippen LogP contribution in [-0.4, -0.2) is 17.4 Å². The van der Waals surface area contributed by atoms with Crippen LogP contribution >= 0.6 is 0 Å². The summed E-state index contributed by atoms with van der Waals surface area (Å²) in [6.07, 6.45) is 11.1. The molecule has 0 aliphatic heterocycles. The fraction of sp³-hybridized carbons (Fsp3) is 0.750. The smallest absolute Gasteiger partial charge is 0.303 e. The molecule has 3 aliphatic carbocycles. The Kier molecular flexibility index (Phi) is 3.23. The summed E-state index contributed by atoms with van der Waals surface area (Å²) in [7, 11) is 0. The van der Waals surface area contributed by atoms with Crippen molar-refractivity contribution in [1.29, 1.82) is 0 Å². The Bertz CT molecular complexity index is 426. The van der Waals surface area contributed by atoms with Crippen LogP contribution in [0, 0.1) is 17.8 Å². The zero-order valence-corrected chi connectivity index (χ0v) is 11.6. The molecule has 0 aromatic carbocycles. The van der Waals surface area contributed by atoms with E-state index in [4.69, 9.17) is 4.74 Å². The lowest BCUT2D eigenvalue weighted by atomic mass is 9.46. The average molecular weight is 262 g/mol. The molecule has 0 amide bonds. The molecule has 2 fully saturated rings. The summed E-state index contributed by atoms with van der Waals surface area (Å²) in [6.45, 7) is 1.47. The van der Waals surface area contributed by atoms with Gasteiger partial charge in [0.2, 0.25) is 0 Å². The van der Waals surface area contributed by atoms with Crippen LogP contribution in [0.2, 0.25) is 0 Å². The van der Waals surface area contributed by atoms with Gasteiger partial charge in [-0.15, -0.1) is 0 Å². The molecule has 0 radical (unpaired) electrons. The third-order valence-corrected chi connectivity index (χ3v) is 5.25. The third kappa shape index (κ3) is 1.94. The predicted octanol–water partition coefficient (Wildman–Crippen LogP) is 3.03. The average Bonchev–Trinajstić information content (AvgIpc) is 2.30. The molecular weight excluding hydrogens is 240 g/mol. The van der Waals surface area contributed by atoms with Gasteiger partial charge in [-0.1, -0.05) is 12.2 Å². The zero-order chi connectivity index (χ0) is 13.5. The molecule has 0 heterocycles. The minimum Gasteiger partial charge on any atom is -0.458 e. The zero-order valence-electron chi connectivity index (χ0n) is 11.6. The van der Waals surface area contributed by atoms with Gasteiger partial charge in [-0.2, -0.15) is 0 Å². The minimum atomic E-state index is -0.447. The first-order chi connectivity index (χ1) is 9.15. The lowest BCUT2D eigenvalue weighted by Gasteiger charge is -2.62. The topological polar surface area (TPSA) is 43.4 Å². The van der Waals surface area contributed by atoms with Crippen molar-refractivity contribution in [2.75, 3.05) is 0 Å². The molecule has 0 bridgehead atoms. The Hall–Kier alpha value is -1.12. The summed E-state index contributed by atoms with van der Waals surface area (Å²) in [6, 6.07) is 0. The number of carbonyl (C=O) groups is 2. The van der Waals surface area contributed by atoms with Gasteiger partial charge in [0.15, 0.2) is 0 Å². The quantitative estimate of drug-likeness (QED) is 0.539. The number of ether oxygens (including phenoxy) is 1. The maximum Gasteiger partial charge on any atom is 0.303 e. The number of carbonyl (C=O) groups excluding carboxylic acids is 2. The molecule has 0 spiro atoms. The highest BCUT2D eigenvalue weighted by Crippen LogP contribution is 2.60. The predicted molar refractivity (Wildman–Crippen MR) is 71.4 cm³/mol. The fourth-order valence-corrected chi connectivity index (χ4v) is 4.70. The van der Waals surface area contributed by atoms with Crippen molar-refractivity contribution in [2.24, 2.45) is 17.8 Å². The Balaban J connectivity index is 1.90. The van der Waals surface area contributed by atoms with Crippen LogP contribution in [0.5, 0.6) is 0 Å². The summed E-state index contributed by atoms with van der Waals surface area (Å²) in [5, 5.41) is 0. The molecule has 104 valence electrons. The second-order valence-corrected chi connectivity index (χ2v) is 6.24. The van der Waals surface area contributed by atoms with Crippen LogP contribution in [0.15, 0.2) is 12.2 Å². The number of hydrogen-bond acceptors (Lipinski definition) is 3. The summed E-state index contributed by atoms with van der Waals surface area (Å²) in [5.41, 5.74) is -0.447. The van der Waals surface area contributed by atoms with Gasteiger partial charge in [0.25, 0.3) is 0 Å². The van der Waals surface area contributed by atoms with E-state index in [1.54, 1.807) is 0 Å². The van der Waals surface area contributed by atoms with Gasteiger partial charge < -0.3 is 4.74 Å². The van der Waals surface area contributed by atoms with E-state index in [-0.39, 0.29) is 11.9 Å². The van der Waals surface area contributed by atoms with E-state index in [1.807, 2.05) is 0 Å². The van der Waals surface area contributed by atoms with Crippen molar-refractivity contribution in [3.63, 3.8) is 0 Å². The Morgan fingerprint density at radius 3 is 2.79 bits per heavy atom. The molecule has 0 saturated heterocycles. The Morgan fingerprint density at radius 1 is 1.32 bits per heavy atom. The van der Waals surface area contributed by atoms with E-state index in [2.05, 4.69) is 12.2 Å². The Morgan fingerprint density at radius 2 is 2.05 bits per heavy atom. The van der Waals surface area contributed by atoms with Crippen LogP contribution in [-0.2, 0) is 14.3 Å². The van der Waals surface area contributed by atoms with E-state index in [0.29, 0.717) is 24.0 Å².